The van der Waals surface area contributed by atoms with E-state index in [0.717, 1.165) is 38.5 Å². The standard InChI is InChI=1S/C48H91O8P/c1-4-7-9-11-13-15-17-19-21-22-23-24-25-26-27-28-29-31-33-35-37-39-41-43-48(50)56-46(45-55-57(51,52)54-6-3)44-53-47(49)42-40-38-36-34-32-30-20-18-16-14-12-10-8-5-2/h17,19,22-23,46H,4-16,18,20-21,24-45H2,1-3H3,(H,51,52)/b19-17-,23-22-. The summed E-state index contributed by atoms with van der Waals surface area (Å²) in [6.07, 6.45) is 49.5. The van der Waals surface area contributed by atoms with Crippen molar-refractivity contribution in [3.05, 3.63) is 24.3 Å². The van der Waals surface area contributed by atoms with Crippen LogP contribution in [0.3, 0.4) is 0 Å². The van der Waals surface area contributed by atoms with Gasteiger partial charge in [0, 0.05) is 12.8 Å². The molecule has 0 aromatic heterocycles. The molecule has 0 saturated heterocycles. The first-order valence-electron chi connectivity index (χ1n) is 24.1. The van der Waals surface area contributed by atoms with E-state index in [1.54, 1.807) is 6.92 Å². The number of esters is 2. The SMILES string of the molecule is CCCCCCC/C=C\C/C=C\CCCCCCCCCCCCCC(=O)OC(COC(=O)CCCCCCCCCCCCCCCC)COP(=O)(O)OCC. The smallest absolute Gasteiger partial charge is 0.462 e. The number of ether oxygens (including phenoxy) is 2. The van der Waals surface area contributed by atoms with Gasteiger partial charge in [-0.25, -0.2) is 4.57 Å². The van der Waals surface area contributed by atoms with E-state index in [1.807, 2.05) is 0 Å². The molecular weight excluding hydrogens is 735 g/mol. The lowest BCUT2D eigenvalue weighted by atomic mass is 10.0. The molecule has 57 heavy (non-hydrogen) atoms. The van der Waals surface area contributed by atoms with Crippen molar-refractivity contribution < 1.29 is 37.6 Å². The molecule has 0 bridgehead atoms. The lowest BCUT2D eigenvalue weighted by Crippen LogP contribution is -2.29. The predicted octanol–water partition coefficient (Wildman–Crippen LogP) is 15.4. The topological polar surface area (TPSA) is 108 Å². The number of phosphoric ester groups is 1. The number of carbonyl (C=O) groups excluding carboxylic acids is 2. The predicted molar refractivity (Wildman–Crippen MR) is 239 cm³/mol. The average molecular weight is 827 g/mol. The first kappa shape index (κ1) is 55.5. The van der Waals surface area contributed by atoms with Gasteiger partial charge in [0.25, 0.3) is 0 Å². The van der Waals surface area contributed by atoms with Crippen molar-refractivity contribution in [2.45, 2.75) is 252 Å². The number of carbonyl (C=O) groups is 2. The van der Waals surface area contributed by atoms with Crippen LogP contribution in [-0.4, -0.2) is 42.8 Å². The van der Waals surface area contributed by atoms with Crippen LogP contribution in [0.1, 0.15) is 245 Å². The Balaban J connectivity index is 3.97. The Morgan fingerprint density at radius 2 is 0.842 bits per heavy atom. The molecule has 0 aromatic carbocycles. The quantitative estimate of drug-likeness (QED) is 0.0280. The third-order valence-corrected chi connectivity index (χ3v) is 11.6. The Kier molecular flexibility index (Phi) is 43.0. The number of allylic oxidation sites excluding steroid dienone is 4. The normalized spacial score (nSPS) is 13.4. The number of hydrogen-bond donors (Lipinski definition) is 1. The molecule has 0 radical (unpaired) electrons. The Hall–Kier alpha value is -1.47. The van der Waals surface area contributed by atoms with Crippen LogP contribution in [0.5, 0.6) is 0 Å². The summed E-state index contributed by atoms with van der Waals surface area (Å²) in [6.45, 7) is 5.50. The van der Waals surface area contributed by atoms with Gasteiger partial charge < -0.3 is 14.4 Å². The van der Waals surface area contributed by atoms with Crippen LogP contribution in [0.2, 0.25) is 0 Å². The zero-order valence-corrected chi connectivity index (χ0v) is 38.4. The summed E-state index contributed by atoms with van der Waals surface area (Å²) < 4.78 is 32.7. The fraction of sp³-hybridized carbons (Fsp3) is 0.875. The van der Waals surface area contributed by atoms with Gasteiger partial charge in [-0.2, -0.15) is 0 Å². The average Bonchev–Trinajstić information content (AvgIpc) is 3.19. The Labute approximate surface area is 352 Å². The largest absolute Gasteiger partial charge is 0.472 e. The van der Waals surface area contributed by atoms with Gasteiger partial charge in [-0.3, -0.25) is 18.6 Å². The van der Waals surface area contributed by atoms with Crippen molar-refractivity contribution in [2.24, 2.45) is 0 Å². The molecule has 0 amide bonds. The van der Waals surface area contributed by atoms with E-state index in [-0.39, 0.29) is 32.2 Å². The minimum absolute atomic E-state index is 0.00238. The molecule has 2 atom stereocenters. The van der Waals surface area contributed by atoms with Crippen LogP contribution in [0.4, 0.5) is 0 Å². The maximum absolute atomic E-state index is 12.6. The molecule has 0 aromatic rings. The molecule has 1 N–H and O–H groups in total. The van der Waals surface area contributed by atoms with Crippen molar-refractivity contribution in [3.63, 3.8) is 0 Å². The van der Waals surface area contributed by atoms with E-state index < -0.39 is 19.9 Å². The van der Waals surface area contributed by atoms with Gasteiger partial charge in [-0.05, 0) is 51.9 Å². The summed E-state index contributed by atoms with van der Waals surface area (Å²) in [5.41, 5.74) is 0. The van der Waals surface area contributed by atoms with Crippen molar-refractivity contribution in [1.29, 1.82) is 0 Å². The molecule has 0 aliphatic heterocycles. The molecule has 2 unspecified atom stereocenters. The second-order valence-corrected chi connectivity index (χ2v) is 17.6. The molecule has 0 spiro atoms. The Bertz CT molecular complexity index is 983. The molecule has 0 fully saturated rings. The first-order chi connectivity index (χ1) is 27.8. The van der Waals surface area contributed by atoms with E-state index in [1.165, 1.54) is 167 Å². The number of hydrogen-bond acceptors (Lipinski definition) is 7. The van der Waals surface area contributed by atoms with Gasteiger partial charge in [0.2, 0.25) is 0 Å². The monoisotopic (exact) mass is 827 g/mol. The fourth-order valence-electron chi connectivity index (χ4n) is 6.96. The van der Waals surface area contributed by atoms with Gasteiger partial charge in [0.15, 0.2) is 6.10 Å². The van der Waals surface area contributed by atoms with E-state index in [9.17, 15) is 19.0 Å². The van der Waals surface area contributed by atoms with Crippen molar-refractivity contribution >= 4 is 19.8 Å². The highest BCUT2D eigenvalue weighted by atomic mass is 31.2. The zero-order valence-electron chi connectivity index (χ0n) is 37.5. The van der Waals surface area contributed by atoms with Crippen LogP contribution in [0.25, 0.3) is 0 Å². The Morgan fingerprint density at radius 3 is 1.25 bits per heavy atom. The highest BCUT2D eigenvalue weighted by molar-refractivity contribution is 7.47. The van der Waals surface area contributed by atoms with Crippen molar-refractivity contribution in [2.75, 3.05) is 19.8 Å². The third-order valence-electron chi connectivity index (χ3n) is 10.5. The van der Waals surface area contributed by atoms with Gasteiger partial charge in [-0.1, -0.05) is 205 Å². The van der Waals surface area contributed by atoms with Gasteiger partial charge >= 0.3 is 19.8 Å². The first-order valence-corrected chi connectivity index (χ1v) is 25.6. The van der Waals surface area contributed by atoms with Crippen molar-refractivity contribution in [3.8, 4) is 0 Å². The summed E-state index contributed by atoms with van der Waals surface area (Å²) in [7, 11) is -4.28. The summed E-state index contributed by atoms with van der Waals surface area (Å²) in [4.78, 5) is 34.8. The Morgan fingerprint density at radius 1 is 0.474 bits per heavy atom. The summed E-state index contributed by atoms with van der Waals surface area (Å²) in [5.74, 6) is -0.788. The van der Waals surface area contributed by atoms with Gasteiger partial charge in [0.1, 0.15) is 6.61 Å². The maximum atomic E-state index is 12.6. The van der Waals surface area contributed by atoms with Crippen LogP contribution >= 0.6 is 7.82 Å². The minimum Gasteiger partial charge on any atom is -0.462 e. The molecule has 9 heteroatoms. The van der Waals surface area contributed by atoms with E-state index >= 15 is 0 Å². The van der Waals surface area contributed by atoms with E-state index in [2.05, 4.69) is 38.2 Å². The highest BCUT2D eigenvalue weighted by Gasteiger charge is 2.25. The lowest BCUT2D eigenvalue weighted by Gasteiger charge is -2.19. The van der Waals surface area contributed by atoms with Crippen LogP contribution < -0.4 is 0 Å². The van der Waals surface area contributed by atoms with Crippen LogP contribution in [0, 0.1) is 0 Å². The number of rotatable bonds is 45. The van der Waals surface area contributed by atoms with E-state index in [0.29, 0.717) is 12.8 Å². The minimum atomic E-state index is -4.28. The maximum Gasteiger partial charge on any atom is 0.472 e. The van der Waals surface area contributed by atoms with Gasteiger partial charge in [-0.15, -0.1) is 0 Å². The fourth-order valence-corrected chi connectivity index (χ4v) is 7.71. The molecular formula is C48H91O8P. The zero-order chi connectivity index (χ0) is 41.8. The molecule has 0 saturated carbocycles. The molecule has 0 heterocycles. The van der Waals surface area contributed by atoms with E-state index in [4.69, 9.17) is 18.5 Å². The van der Waals surface area contributed by atoms with Crippen molar-refractivity contribution in [1.82, 2.24) is 0 Å². The third kappa shape index (κ3) is 43.9. The molecule has 336 valence electrons. The molecule has 0 aliphatic rings. The number of unbranched alkanes of at least 4 members (excludes halogenated alkanes) is 29. The second-order valence-electron chi connectivity index (χ2n) is 16.1. The van der Waals surface area contributed by atoms with Crippen LogP contribution in [-0.2, 0) is 32.7 Å². The summed E-state index contributed by atoms with van der Waals surface area (Å²) in [5, 5.41) is 0. The summed E-state index contributed by atoms with van der Waals surface area (Å²) >= 11 is 0. The summed E-state index contributed by atoms with van der Waals surface area (Å²) in [6, 6.07) is 0. The molecule has 0 rings (SSSR count). The lowest BCUT2D eigenvalue weighted by molar-refractivity contribution is -0.161. The number of phosphoric acid groups is 1. The van der Waals surface area contributed by atoms with Gasteiger partial charge in [0.05, 0.1) is 13.2 Å². The van der Waals surface area contributed by atoms with Crippen LogP contribution in [0.15, 0.2) is 24.3 Å². The molecule has 0 aliphatic carbocycles. The molecule has 8 nitrogen and oxygen atoms in total. The second kappa shape index (κ2) is 44.1. The highest BCUT2D eigenvalue weighted by Crippen LogP contribution is 2.43.